The Kier molecular flexibility index (Phi) is 4.05. The van der Waals surface area contributed by atoms with Gasteiger partial charge in [-0.2, -0.15) is 0 Å². The minimum atomic E-state index is -0.200. The van der Waals surface area contributed by atoms with Gasteiger partial charge in [0.25, 0.3) is 0 Å². The summed E-state index contributed by atoms with van der Waals surface area (Å²) in [5.41, 5.74) is 5.42. The lowest BCUT2D eigenvalue weighted by Gasteiger charge is -2.22. The monoisotopic (exact) mass is 288 g/mol. The molecule has 2 unspecified atom stereocenters. The van der Waals surface area contributed by atoms with Crippen LogP contribution in [0.5, 0.6) is 0 Å². The fraction of sp³-hybridized carbons (Fsp3) is 0.250. The first-order valence-electron chi connectivity index (χ1n) is 6.71. The van der Waals surface area contributed by atoms with E-state index in [0.717, 1.165) is 18.4 Å². The quantitative estimate of drug-likeness (QED) is 0.671. The first kappa shape index (κ1) is 13.6. The van der Waals surface area contributed by atoms with Crippen LogP contribution in [0, 0.1) is 5.82 Å². The second-order valence-corrected chi connectivity index (χ2v) is 6.35. The molecule has 2 aromatic rings. The molecule has 2 nitrogen and oxygen atoms in total. The van der Waals surface area contributed by atoms with Crippen LogP contribution in [-0.4, -0.2) is 11.3 Å². The van der Waals surface area contributed by atoms with E-state index < -0.39 is 0 Å². The van der Waals surface area contributed by atoms with Crippen LogP contribution < -0.4 is 11.3 Å². The molecule has 3 rings (SSSR count). The highest BCUT2D eigenvalue weighted by Gasteiger charge is 2.28. The largest absolute Gasteiger partial charge is 0.271 e. The molecule has 0 amide bonds. The Labute approximate surface area is 122 Å². The third-order valence-electron chi connectivity index (χ3n) is 3.70. The predicted octanol–water partition coefficient (Wildman–Crippen LogP) is 2.92. The molecule has 1 aliphatic rings. The summed E-state index contributed by atoms with van der Waals surface area (Å²) in [6.07, 6.45) is 1.83. The Morgan fingerprint density at radius 2 is 1.95 bits per heavy atom. The zero-order valence-electron chi connectivity index (χ0n) is 11.1. The molecular formula is C16H17FN2S. The predicted molar refractivity (Wildman–Crippen MR) is 81.0 cm³/mol. The van der Waals surface area contributed by atoms with Crippen molar-refractivity contribution in [3.05, 3.63) is 65.5 Å². The average Bonchev–Trinajstić information content (AvgIpc) is 2.90. The van der Waals surface area contributed by atoms with Gasteiger partial charge in [-0.15, -0.1) is 11.8 Å². The number of hydrogen-bond acceptors (Lipinski definition) is 3. The highest BCUT2D eigenvalue weighted by molar-refractivity contribution is 8.00. The van der Waals surface area contributed by atoms with Crippen LogP contribution in [0.15, 0.2) is 53.4 Å². The van der Waals surface area contributed by atoms with Crippen molar-refractivity contribution < 1.29 is 4.39 Å². The van der Waals surface area contributed by atoms with Gasteiger partial charge in [-0.05, 0) is 42.2 Å². The van der Waals surface area contributed by atoms with E-state index in [-0.39, 0.29) is 11.9 Å². The van der Waals surface area contributed by atoms with Gasteiger partial charge in [-0.25, -0.2) is 4.39 Å². The SMILES string of the molecule is NNC(Cc1ccc(F)cc1)C1Cc2ccccc2S1. The van der Waals surface area contributed by atoms with Crippen LogP contribution >= 0.6 is 11.8 Å². The molecular weight excluding hydrogens is 271 g/mol. The Bertz CT molecular complexity index is 560. The smallest absolute Gasteiger partial charge is 0.123 e. The number of nitrogens with two attached hydrogens (primary N) is 1. The van der Waals surface area contributed by atoms with Gasteiger partial charge in [-0.1, -0.05) is 30.3 Å². The first-order valence-corrected chi connectivity index (χ1v) is 7.59. The molecule has 1 aliphatic heterocycles. The van der Waals surface area contributed by atoms with Crippen LogP contribution in [0.2, 0.25) is 0 Å². The normalized spacial score (nSPS) is 18.8. The number of hydrazine groups is 1. The highest BCUT2D eigenvalue weighted by atomic mass is 32.2. The average molecular weight is 288 g/mol. The molecule has 1 heterocycles. The zero-order valence-corrected chi connectivity index (χ0v) is 11.9. The molecule has 0 bridgehead atoms. The van der Waals surface area contributed by atoms with E-state index in [2.05, 4.69) is 29.7 Å². The molecule has 0 fully saturated rings. The van der Waals surface area contributed by atoms with E-state index in [9.17, 15) is 4.39 Å². The maximum absolute atomic E-state index is 12.9. The van der Waals surface area contributed by atoms with Crippen molar-refractivity contribution in [2.24, 2.45) is 5.84 Å². The summed E-state index contributed by atoms with van der Waals surface area (Å²) in [7, 11) is 0. The van der Waals surface area contributed by atoms with Crippen LogP contribution in [0.3, 0.4) is 0 Å². The lowest BCUT2D eigenvalue weighted by atomic mass is 9.99. The van der Waals surface area contributed by atoms with Gasteiger partial charge in [0.15, 0.2) is 0 Å². The van der Waals surface area contributed by atoms with Gasteiger partial charge in [0.05, 0.1) is 0 Å². The maximum atomic E-state index is 12.9. The van der Waals surface area contributed by atoms with Crippen LogP contribution in [-0.2, 0) is 12.8 Å². The Morgan fingerprint density at radius 3 is 2.65 bits per heavy atom. The van der Waals surface area contributed by atoms with Gasteiger partial charge in [0.1, 0.15) is 5.82 Å². The van der Waals surface area contributed by atoms with Crippen LogP contribution in [0.25, 0.3) is 0 Å². The van der Waals surface area contributed by atoms with Gasteiger partial charge >= 0.3 is 0 Å². The van der Waals surface area contributed by atoms with Crippen molar-refractivity contribution in [2.45, 2.75) is 29.0 Å². The van der Waals surface area contributed by atoms with Crippen molar-refractivity contribution in [3.8, 4) is 0 Å². The van der Waals surface area contributed by atoms with Crippen molar-refractivity contribution in [2.75, 3.05) is 0 Å². The number of rotatable bonds is 4. The fourth-order valence-electron chi connectivity index (χ4n) is 2.61. The van der Waals surface area contributed by atoms with Gasteiger partial charge in [0.2, 0.25) is 0 Å². The van der Waals surface area contributed by atoms with E-state index in [0.29, 0.717) is 5.25 Å². The lowest BCUT2D eigenvalue weighted by molar-refractivity contribution is 0.506. The summed E-state index contributed by atoms with van der Waals surface area (Å²) in [5, 5.41) is 0.419. The summed E-state index contributed by atoms with van der Waals surface area (Å²) < 4.78 is 12.9. The number of thioether (sulfide) groups is 1. The van der Waals surface area contributed by atoms with Gasteiger partial charge < -0.3 is 0 Å². The van der Waals surface area contributed by atoms with E-state index in [1.54, 1.807) is 0 Å². The Morgan fingerprint density at radius 1 is 1.20 bits per heavy atom. The molecule has 4 heteroatoms. The van der Waals surface area contributed by atoms with E-state index in [1.165, 1.54) is 22.6 Å². The van der Waals surface area contributed by atoms with Crippen molar-refractivity contribution in [1.29, 1.82) is 0 Å². The Balaban J connectivity index is 1.71. The van der Waals surface area contributed by atoms with Crippen molar-refractivity contribution in [3.63, 3.8) is 0 Å². The summed E-state index contributed by atoms with van der Waals surface area (Å²) >= 11 is 1.87. The van der Waals surface area contributed by atoms with E-state index in [1.807, 2.05) is 23.9 Å². The fourth-order valence-corrected chi connectivity index (χ4v) is 3.99. The van der Waals surface area contributed by atoms with Gasteiger partial charge in [0, 0.05) is 16.2 Å². The molecule has 0 spiro atoms. The maximum Gasteiger partial charge on any atom is 0.123 e. The Hall–Kier alpha value is -1.36. The molecule has 104 valence electrons. The summed E-state index contributed by atoms with van der Waals surface area (Å²) in [6, 6.07) is 15.3. The van der Waals surface area contributed by atoms with Crippen LogP contribution in [0.1, 0.15) is 11.1 Å². The third kappa shape index (κ3) is 2.87. The summed E-state index contributed by atoms with van der Waals surface area (Å²) in [4.78, 5) is 1.34. The number of fused-ring (bicyclic) bond motifs is 1. The molecule has 2 aromatic carbocycles. The molecule has 3 N–H and O–H groups in total. The number of benzene rings is 2. The minimum Gasteiger partial charge on any atom is -0.271 e. The van der Waals surface area contributed by atoms with Crippen molar-refractivity contribution >= 4 is 11.8 Å². The van der Waals surface area contributed by atoms with E-state index >= 15 is 0 Å². The second kappa shape index (κ2) is 5.95. The third-order valence-corrected chi connectivity index (χ3v) is 5.15. The standard InChI is InChI=1S/C16H17FN2S/c17-13-7-5-11(6-8-13)9-14(19-18)16-10-12-3-1-2-4-15(12)20-16/h1-8,14,16,19H,9-10,18H2. The minimum absolute atomic E-state index is 0.179. The summed E-state index contributed by atoms with van der Waals surface area (Å²) in [5.74, 6) is 5.53. The lowest BCUT2D eigenvalue weighted by Crippen LogP contribution is -2.44. The molecule has 2 atom stereocenters. The van der Waals surface area contributed by atoms with Crippen LogP contribution in [0.4, 0.5) is 4.39 Å². The first-order chi connectivity index (χ1) is 9.76. The number of nitrogens with one attached hydrogen (secondary N) is 1. The second-order valence-electron chi connectivity index (χ2n) is 5.07. The van der Waals surface area contributed by atoms with Crippen molar-refractivity contribution in [1.82, 2.24) is 5.43 Å². The molecule has 0 saturated heterocycles. The number of hydrogen-bond donors (Lipinski definition) is 2. The van der Waals surface area contributed by atoms with Gasteiger partial charge in [-0.3, -0.25) is 11.3 Å². The zero-order chi connectivity index (χ0) is 13.9. The highest BCUT2D eigenvalue weighted by Crippen LogP contribution is 2.38. The molecule has 0 aliphatic carbocycles. The van der Waals surface area contributed by atoms with E-state index in [4.69, 9.17) is 5.84 Å². The summed E-state index contributed by atoms with van der Waals surface area (Å²) in [6.45, 7) is 0. The molecule has 0 radical (unpaired) electrons. The molecule has 0 saturated carbocycles. The topological polar surface area (TPSA) is 38.0 Å². The molecule has 20 heavy (non-hydrogen) atoms. The molecule has 0 aromatic heterocycles. The number of halogens is 1.